The average Bonchev–Trinajstić information content (AvgIpc) is 3.34. The number of allylic oxidation sites excluding steroid dienone is 10. The van der Waals surface area contributed by atoms with Gasteiger partial charge in [0.1, 0.15) is 11.7 Å². The van der Waals surface area contributed by atoms with Crippen molar-refractivity contribution in [2.45, 2.75) is 112 Å². The van der Waals surface area contributed by atoms with Crippen molar-refractivity contribution in [3.63, 3.8) is 0 Å². The standard InChI is InChI=1S/C40H60F2N6O2/c1-8-27(4)34-24-37(28(5)22-38(34)45-36(10-3)33-17-13-20-50-21-18-33)46-39(44-25-31-14-11-15-31)47-40(49)48(26-30(7)43)19-12-16-32(9-2)35(42)23-29(6)41/h8,16,22-25,33-34,36,39,43-44,46H,6,9-15,17-21,26H2,1-5,7H3,(H,47,49)/b27-8+,32-16-,35-23+,43-30?,45-38-. The number of nitrogens with zero attached hydrogens (tertiary/aromatic N) is 2. The van der Waals surface area contributed by atoms with Gasteiger partial charge in [-0.3, -0.25) is 4.99 Å². The Hall–Kier alpha value is -3.79. The average molecular weight is 695 g/mol. The van der Waals surface area contributed by atoms with E-state index in [1.54, 1.807) is 19.9 Å². The number of carbonyl (C=O) groups is 1. The third kappa shape index (κ3) is 12.8. The fourth-order valence-electron chi connectivity index (χ4n) is 6.42. The number of aliphatic imine (C=N–C) groups is 1. The Morgan fingerprint density at radius 3 is 2.58 bits per heavy atom. The van der Waals surface area contributed by atoms with E-state index in [2.05, 4.69) is 68.5 Å². The summed E-state index contributed by atoms with van der Waals surface area (Å²) in [7, 11) is 0. The maximum absolute atomic E-state index is 14.4. The molecule has 0 aromatic rings. The molecule has 2 fully saturated rings. The van der Waals surface area contributed by atoms with Crippen LogP contribution in [0.3, 0.4) is 0 Å². The van der Waals surface area contributed by atoms with Crippen molar-refractivity contribution in [1.82, 2.24) is 20.9 Å². The summed E-state index contributed by atoms with van der Waals surface area (Å²) < 4.78 is 33.4. The second-order valence-electron chi connectivity index (χ2n) is 13.6. The molecule has 2 aliphatic carbocycles. The van der Waals surface area contributed by atoms with E-state index in [0.29, 0.717) is 30.0 Å². The molecule has 4 unspecified atom stereocenters. The van der Waals surface area contributed by atoms with E-state index in [4.69, 9.17) is 15.1 Å². The number of amides is 2. The smallest absolute Gasteiger partial charge is 0.320 e. The van der Waals surface area contributed by atoms with Crippen molar-refractivity contribution >= 4 is 17.5 Å². The number of ether oxygens (including phenoxy) is 1. The van der Waals surface area contributed by atoms with Crippen LogP contribution in [-0.4, -0.2) is 61.0 Å². The van der Waals surface area contributed by atoms with Crippen molar-refractivity contribution in [2.75, 3.05) is 26.3 Å². The first-order valence-electron chi connectivity index (χ1n) is 18.3. The van der Waals surface area contributed by atoms with Gasteiger partial charge in [0, 0.05) is 48.9 Å². The van der Waals surface area contributed by atoms with E-state index in [0.717, 1.165) is 81.2 Å². The molecule has 3 aliphatic rings. The van der Waals surface area contributed by atoms with E-state index in [1.807, 2.05) is 6.20 Å². The maximum Gasteiger partial charge on any atom is 0.320 e. The molecule has 3 rings (SSSR count). The fraction of sp³-hybridized carbons (Fsp3) is 0.575. The Labute approximate surface area is 299 Å². The number of hydrogen-bond donors (Lipinski definition) is 4. The Kier molecular flexibility index (Phi) is 16.9. The van der Waals surface area contributed by atoms with Crippen LogP contribution >= 0.6 is 0 Å². The number of hydrogen-bond acceptors (Lipinski definition) is 6. The fourth-order valence-corrected chi connectivity index (χ4v) is 6.42. The molecule has 0 radical (unpaired) electrons. The molecule has 10 heteroatoms. The largest absolute Gasteiger partial charge is 0.381 e. The normalized spacial score (nSPS) is 22.4. The molecule has 1 saturated heterocycles. The van der Waals surface area contributed by atoms with Gasteiger partial charge in [0.25, 0.3) is 0 Å². The Morgan fingerprint density at radius 2 is 1.96 bits per heavy atom. The minimum atomic E-state index is -0.852. The highest BCUT2D eigenvalue weighted by Gasteiger charge is 2.27. The van der Waals surface area contributed by atoms with Crippen molar-refractivity contribution in [2.24, 2.45) is 16.8 Å². The Morgan fingerprint density at radius 1 is 1.20 bits per heavy atom. The van der Waals surface area contributed by atoms with E-state index in [1.165, 1.54) is 16.0 Å². The molecule has 0 aromatic carbocycles. The second-order valence-corrected chi connectivity index (χ2v) is 13.6. The zero-order valence-corrected chi connectivity index (χ0v) is 31.1. The lowest BCUT2D eigenvalue weighted by Gasteiger charge is -2.31. The Bertz CT molecular complexity index is 1410. The van der Waals surface area contributed by atoms with Gasteiger partial charge in [-0.25, -0.2) is 13.6 Å². The first kappa shape index (κ1) is 40.6. The molecule has 276 valence electrons. The van der Waals surface area contributed by atoms with Crippen molar-refractivity contribution < 1.29 is 18.3 Å². The molecular weight excluding hydrogens is 634 g/mol. The van der Waals surface area contributed by atoms with Crippen LogP contribution in [0.1, 0.15) is 99.3 Å². The summed E-state index contributed by atoms with van der Waals surface area (Å²) in [5, 5.41) is 18.1. The molecule has 0 bridgehead atoms. The number of nitrogens with one attached hydrogen (secondary N) is 4. The SMILES string of the molecule is C=C(F)/C=C(F)\C(=C/CCN(CC(C)=N)C(=O)NC(NC=C1CCC1)NC1=CC(/C(C)=C/C)/C(=N\C(CC)C2CCCOCC2)C=C1C)CC. The van der Waals surface area contributed by atoms with Gasteiger partial charge in [0.05, 0.1) is 12.6 Å². The van der Waals surface area contributed by atoms with Gasteiger partial charge in [0.2, 0.25) is 0 Å². The molecule has 8 nitrogen and oxygen atoms in total. The summed E-state index contributed by atoms with van der Waals surface area (Å²) in [5.74, 6) is -1.03. The Balaban J connectivity index is 1.85. The minimum Gasteiger partial charge on any atom is -0.381 e. The lowest BCUT2D eigenvalue weighted by atomic mass is 9.85. The number of urea groups is 1. The zero-order valence-electron chi connectivity index (χ0n) is 31.1. The highest BCUT2D eigenvalue weighted by molar-refractivity contribution is 6.02. The van der Waals surface area contributed by atoms with E-state index < -0.39 is 17.9 Å². The molecule has 4 atom stereocenters. The molecule has 50 heavy (non-hydrogen) atoms. The first-order chi connectivity index (χ1) is 23.9. The summed E-state index contributed by atoms with van der Waals surface area (Å²) in [6, 6.07) is -0.135. The van der Waals surface area contributed by atoms with E-state index in [9.17, 15) is 13.6 Å². The molecule has 4 N–H and O–H groups in total. The molecular formula is C40H60F2N6O2. The minimum absolute atomic E-state index is 0.00997. The van der Waals surface area contributed by atoms with Gasteiger partial charge in [-0.1, -0.05) is 43.7 Å². The van der Waals surface area contributed by atoms with Crippen molar-refractivity contribution in [1.29, 1.82) is 5.41 Å². The van der Waals surface area contributed by atoms with Gasteiger partial charge in [0.15, 0.2) is 6.29 Å². The van der Waals surface area contributed by atoms with Gasteiger partial charge in [-0.2, -0.15) is 0 Å². The highest BCUT2D eigenvalue weighted by atomic mass is 19.1. The summed E-state index contributed by atoms with van der Waals surface area (Å²) >= 11 is 0. The van der Waals surface area contributed by atoms with Gasteiger partial charge < -0.3 is 31.0 Å². The van der Waals surface area contributed by atoms with Crippen LogP contribution in [0, 0.1) is 17.2 Å². The van der Waals surface area contributed by atoms with Crippen LogP contribution < -0.4 is 16.0 Å². The topological polar surface area (TPSA) is 102 Å². The number of carbonyl (C=O) groups excluding carboxylic acids is 1. The predicted molar refractivity (Wildman–Crippen MR) is 202 cm³/mol. The third-order valence-corrected chi connectivity index (χ3v) is 9.65. The maximum atomic E-state index is 14.4. The molecule has 1 saturated carbocycles. The lowest BCUT2D eigenvalue weighted by Crippen LogP contribution is -2.57. The first-order valence-corrected chi connectivity index (χ1v) is 18.3. The molecule has 0 aromatic heterocycles. The van der Waals surface area contributed by atoms with Crippen LogP contribution in [0.15, 0.2) is 87.8 Å². The van der Waals surface area contributed by atoms with Gasteiger partial charge in [-0.15, -0.1) is 0 Å². The number of rotatable bonds is 17. The second kappa shape index (κ2) is 20.8. The van der Waals surface area contributed by atoms with Gasteiger partial charge in [-0.05, 0) is 121 Å². The third-order valence-electron chi connectivity index (χ3n) is 9.65. The number of halogens is 2. The molecule has 1 aliphatic heterocycles. The van der Waals surface area contributed by atoms with Gasteiger partial charge >= 0.3 is 6.03 Å². The van der Waals surface area contributed by atoms with Crippen LogP contribution in [-0.2, 0) is 4.74 Å². The van der Waals surface area contributed by atoms with E-state index in [-0.39, 0.29) is 31.1 Å². The molecule has 0 spiro atoms. The summed E-state index contributed by atoms with van der Waals surface area (Å²) in [6.07, 6.45) is 18.4. The predicted octanol–water partition coefficient (Wildman–Crippen LogP) is 9.09. The monoisotopic (exact) mass is 694 g/mol. The van der Waals surface area contributed by atoms with Crippen LogP contribution in [0.4, 0.5) is 13.6 Å². The quantitative estimate of drug-likeness (QED) is 0.0528. The van der Waals surface area contributed by atoms with Crippen molar-refractivity contribution in [3.8, 4) is 0 Å². The van der Waals surface area contributed by atoms with Crippen molar-refractivity contribution in [3.05, 3.63) is 82.8 Å². The summed E-state index contributed by atoms with van der Waals surface area (Å²) in [6.45, 7) is 17.0. The van der Waals surface area contributed by atoms with Crippen LogP contribution in [0.5, 0.6) is 0 Å². The highest BCUT2D eigenvalue weighted by Crippen LogP contribution is 2.30. The zero-order chi connectivity index (χ0) is 36.6. The lowest BCUT2D eigenvalue weighted by molar-refractivity contribution is 0.140. The van der Waals surface area contributed by atoms with E-state index >= 15 is 0 Å². The van der Waals surface area contributed by atoms with Crippen LogP contribution in [0.2, 0.25) is 0 Å². The summed E-state index contributed by atoms with van der Waals surface area (Å²) in [4.78, 5) is 20.7. The van der Waals surface area contributed by atoms with Crippen LogP contribution in [0.25, 0.3) is 0 Å². The molecule has 2 amide bonds. The summed E-state index contributed by atoms with van der Waals surface area (Å²) in [5.41, 5.74) is 6.13. The molecule has 1 heterocycles.